The summed E-state index contributed by atoms with van der Waals surface area (Å²) in [7, 11) is 1.66. The lowest BCUT2D eigenvalue weighted by molar-refractivity contribution is -0.870. The summed E-state index contributed by atoms with van der Waals surface area (Å²) >= 11 is 0. The molecular formula is C42H83NO7P+. The lowest BCUT2D eigenvalue weighted by Gasteiger charge is -2.24. The Hall–Kier alpha value is -1.02. The molecule has 0 spiro atoms. The van der Waals surface area contributed by atoms with E-state index < -0.39 is 13.9 Å². The Morgan fingerprint density at radius 1 is 0.588 bits per heavy atom. The number of phosphoric ester groups is 1. The summed E-state index contributed by atoms with van der Waals surface area (Å²) in [5, 5.41) is 0. The number of carbonyl (C=O) groups excluding carboxylic acids is 1. The average Bonchev–Trinajstić information content (AvgIpc) is 3.08. The molecule has 0 aliphatic carbocycles. The van der Waals surface area contributed by atoms with Crippen LogP contribution in [0.4, 0.5) is 0 Å². The number of rotatable bonds is 39. The van der Waals surface area contributed by atoms with E-state index in [9.17, 15) is 14.3 Å². The fourth-order valence-corrected chi connectivity index (χ4v) is 6.41. The van der Waals surface area contributed by atoms with Gasteiger partial charge in [0.25, 0.3) is 0 Å². The Kier molecular flexibility index (Phi) is 35.3. The third kappa shape index (κ3) is 40.0. The van der Waals surface area contributed by atoms with Crippen LogP contribution in [0.5, 0.6) is 0 Å². The molecule has 0 aromatic heterocycles. The number of unbranched alkanes of at least 4 members (excludes halogenated alkanes) is 21. The first kappa shape index (κ1) is 50.0. The summed E-state index contributed by atoms with van der Waals surface area (Å²) in [6, 6.07) is 0. The van der Waals surface area contributed by atoms with Gasteiger partial charge in [-0.05, 0) is 57.8 Å². The van der Waals surface area contributed by atoms with Crippen LogP contribution in [0.1, 0.15) is 181 Å². The number of allylic oxidation sites excluding steroid dienone is 4. The zero-order chi connectivity index (χ0) is 37.7. The van der Waals surface area contributed by atoms with Gasteiger partial charge in [0.1, 0.15) is 19.3 Å². The van der Waals surface area contributed by atoms with Crippen molar-refractivity contribution in [2.45, 2.75) is 187 Å². The minimum absolute atomic E-state index is 0.0875. The number of likely N-dealkylation sites (N-methyl/N-ethyl adjacent to an activating group) is 1. The predicted octanol–water partition coefficient (Wildman–Crippen LogP) is 12.0. The highest BCUT2D eigenvalue weighted by Crippen LogP contribution is 2.43. The SMILES string of the molecule is CCC/C=C\CCCCCCCCOCC(COP(=O)(O)OCC[N+](C)(C)C)OC(=O)CCCCCCCCC/C=C\CCCCCCCCC. The molecule has 0 bridgehead atoms. The Bertz CT molecular complexity index is 874. The molecule has 0 fully saturated rings. The molecule has 9 heteroatoms. The van der Waals surface area contributed by atoms with E-state index in [0.29, 0.717) is 24.1 Å². The molecule has 0 saturated carbocycles. The van der Waals surface area contributed by atoms with Crippen molar-refractivity contribution in [3.63, 3.8) is 0 Å². The second-order valence-electron chi connectivity index (χ2n) is 15.4. The van der Waals surface area contributed by atoms with E-state index in [4.69, 9.17) is 18.5 Å². The van der Waals surface area contributed by atoms with Crippen LogP contribution < -0.4 is 0 Å². The Morgan fingerprint density at radius 2 is 1.06 bits per heavy atom. The van der Waals surface area contributed by atoms with E-state index >= 15 is 0 Å². The van der Waals surface area contributed by atoms with Crippen molar-refractivity contribution in [1.29, 1.82) is 0 Å². The number of hydrogen-bond donors (Lipinski definition) is 1. The summed E-state index contributed by atoms with van der Waals surface area (Å²) in [5.74, 6) is -0.321. The average molecular weight is 745 g/mol. The number of esters is 1. The lowest BCUT2D eigenvalue weighted by Crippen LogP contribution is -2.37. The summed E-state index contributed by atoms with van der Waals surface area (Å²) in [4.78, 5) is 22.8. The van der Waals surface area contributed by atoms with Crippen molar-refractivity contribution in [3.8, 4) is 0 Å². The zero-order valence-corrected chi connectivity index (χ0v) is 35.0. The topological polar surface area (TPSA) is 91.3 Å². The summed E-state index contributed by atoms with van der Waals surface area (Å²) < 4.78 is 34.9. The van der Waals surface area contributed by atoms with Crippen molar-refractivity contribution < 1.29 is 37.3 Å². The van der Waals surface area contributed by atoms with Crippen LogP contribution in [-0.2, 0) is 27.9 Å². The zero-order valence-electron chi connectivity index (χ0n) is 34.1. The van der Waals surface area contributed by atoms with Gasteiger partial charge in [-0.15, -0.1) is 0 Å². The number of phosphoric acid groups is 1. The first-order chi connectivity index (χ1) is 24.6. The minimum atomic E-state index is -4.27. The minimum Gasteiger partial charge on any atom is -0.457 e. The largest absolute Gasteiger partial charge is 0.472 e. The normalized spacial score (nSPS) is 14.1. The van der Waals surface area contributed by atoms with Crippen molar-refractivity contribution in [3.05, 3.63) is 24.3 Å². The van der Waals surface area contributed by atoms with Crippen molar-refractivity contribution >= 4 is 13.8 Å². The molecule has 0 aromatic carbocycles. The van der Waals surface area contributed by atoms with Crippen LogP contribution in [-0.4, -0.2) is 75.6 Å². The lowest BCUT2D eigenvalue weighted by atomic mass is 10.1. The van der Waals surface area contributed by atoms with E-state index in [-0.39, 0.29) is 25.8 Å². The molecule has 0 saturated heterocycles. The van der Waals surface area contributed by atoms with Crippen LogP contribution in [0, 0.1) is 0 Å². The van der Waals surface area contributed by atoms with Crippen molar-refractivity contribution in [2.24, 2.45) is 0 Å². The number of nitrogens with zero attached hydrogens (tertiary/aromatic N) is 1. The van der Waals surface area contributed by atoms with Gasteiger partial charge in [0.15, 0.2) is 0 Å². The van der Waals surface area contributed by atoms with Gasteiger partial charge in [-0.1, -0.05) is 141 Å². The monoisotopic (exact) mass is 745 g/mol. The molecule has 0 aromatic rings. The van der Waals surface area contributed by atoms with Crippen LogP contribution >= 0.6 is 7.82 Å². The second kappa shape index (κ2) is 36.0. The number of ether oxygens (including phenoxy) is 2. The molecule has 0 heterocycles. The fourth-order valence-electron chi connectivity index (χ4n) is 5.67. The Balaban J connectivity index is 4.22. The number of quaternary nitrogens is 1. The van der Waals surface area contributed by atoms with Gasteiger partial charge in [-0.2, -0.15) is 0 Å². The first-order valence-electron chi connectivity index (χ1n) is 21.1. The third-order valence-corrected chi connectivity index (χ3v) is 9.95. The molecule has 0 rings (SSSR count). The molecular weight excluding hydrogens is 661 g/mol. The molecule has 2 unspecified atom stereocenters. The maximum absolute atomic E-state index is 12.7. The fraction of sp³-hybridized carbons (Fsp3) is 0.881. The summed E-state index contributed by atoms with van der Waals surface area (Å²) in [6.45, 7) is 5.56. The highest BCUT2D eigenvalue weighted by Gasteiger charge is 2.26. The molecule has 0 radical (unpaired) electrons. The molecule has 0 aliphatic heterocycles. The molecule has 302 valence electrons. The maximum Gasteiger partial charge on any atom is 0.472 e. The van der Waals surface area contributed by atoms with E-state index in [1.54, 1.807) is 0 Å². The maximum atomic E-state index is 12.7. The molecule has 8 nitrogen and oxygen atoms in total. The molecule has 1 N–H and O–H groups in total. The number of carbonyl (C=O) groups is 1. The molecule has 51 heavy (non-hydrogen) atoms. The predicted molar refractivity (Wildman–Crippen MR) is 215 cm³/mol. The van der Waals surface area contributed by atoms with E-state index in [0.717, 1.165) is 32.1 Å². The van der Waals surface area contributed by atoms with Crippen LogP contribution in [0.3, 0.4) is 0 Å². The quantitative estimate of drug-likeness (QED) is 0.0220. The van der Waals surface area contributed by atoms with E-state index in [1.165, 1.54) is 128 Å². The third-order valence-electron chi connectivity index (χ3n) is 8.97. The highest BCUT2D eigenvalue weighted by atomic mass is 31.2. The van der Waals surface area contributed by atoms with Crippen LogP contribution in [0.25, 0.3) is 0 Å². The van der Waals surface area contributed by atoms with Gasteiger partial charge in [-0.3, -0.25) is 13.8 Å². The molecule has 0 aliphatic rings. The van der Waals surface area contributed by atoms with Gasteiger partial charge in [0.2, 0.25) is 0 Å². The summed E-state index contributed by atoms with van der Waals surface area (Å²) in [5.41, 5.74) is 0. The van der Waals surface area contributed by atoms with Crippen LogP contribution in [0.15, 0.2) is 24.3 Å². The van der Waals surface area contributed by atoms with Crippen LogP contribution in [0.2, 0.25) is 0 Å². The Morgan fingerprint density at radius 3 is 1.57 bits per heavy atom. The Labute approximate surface area is 315 Å². The molecule has 0 amide bonds. The first-order valence-corrected chi connectivity index (χ1v) is 22.6. The number of hydrogen-bond acceptors (Lipinski definition) is 6. The molecule has 2 atom stereocenters. The van der Waals surface area contributed by atoms with Gasteiger partial charge in [0.05, 0.1) is 34.4 Å². The van der Waals surface area contributed by atoms with E-state index in [1.807, 2.05) is 21.1 Å². The smallest absolute Gasteiger partial charge is 0.457 e. The standard InChI is InChI=1S/C42H82NO7P/c1-6-8-10-12-14-16-18-19-20-21-22-23-24-25-27-29-31-33-35-42(44)50-41(40-49-51(45,46)48-38-36-43(3,4)5)39-47-37-34-32-30-28-26-17-15-13-11-9-7-2/h11,13,20-21,41H,6-10,12,14-19,22-40H2,1-5H3/p+1/b13-11-,21-20-. The van der Waals surface area contributed by atoms with Gasteiger partial charge in [0, 0.05) is 13.0 Å². The van der Waals surface area contributed by atoms with Crippen molar-refractivity contribution in [2.75, 3.05) is 54.1 Å². The van der Waals surface area contributed by atoms with Gasteiger partial charge in [-0.25, -0.2) is 4.57 Å². The highest BCUT2D eigenvalue weighted by molar-refractivity contribution is 7.47. The van der Waals surface area contributed by atoms with Gasteiger partial charge >= 0.3 is 13.8 Å². The van der Waals surface area contributed by atoms with Gasteiger partial charge < -0.3 is 18.9 Å². The van der Waals surface area contributed by atoms with E-state index in [2.05, 4.69) is 38.2 Å². The van der Waals surface area contributed by atoms with Crippen molar-refractivity contribution in [1.82, 2.24) is 0 Å². The summed E-state index contributed by atoms with van der Waals surface area (Å²) in [6.07, 6.45) is 39.2. The second-order valence-corrected chi connectivity index (χ2v) is 16.8.